The maximum Gasteiger partial charge on any atom is 0.283 e. The van der Waals surface area contributed by atoms with E-state index >= 15 is 0 Å². The number of methoxy groups -OCH3 is 2. The fraction of sp³-hybridized carbons (Fsp3) is 0.381. The maximum atomic E-state index is 12.5. The minimum absolute atomic E-state index is 0.0565. The number of aromatic nitrogens is 2. The second kappa shape index (κ2) is 10.4. The van der Waals surface area contributed by atoms with Crippen LogP contribution >= 0.6 is 0 Å². The van der Waals surface area contributed by atoms with Crippen LogP contribution in [0.4, 0.5) is 0 Å². The van der Waals surface area contributed by atoms with Crippen molar-refractivity contribution in [1.29, 1.82) is 0 Å². The minimum Gasteiger partial charge on any atom is -0.493 e. The van der Waals surface area contributed by atoms with Gasteiger partial charge in [-0.25, -0.2) is 0 Å². The smallest absolute Gasteiger partial charge is 0.283 e. The SMILES string of the molecule is CCC[NH+](CC(=O)NCc1ccc(OC)c(OC)c1)Cc1nnc(-c2ccco2)o1. The number of carbonyl (C=O) groups is 1. The lowest BCUT2D eigenvalue weighted by Gasteiger charge is -2.17. The average Bonchev–Trinajstić information content (AvgIpc) is 3.44. The molecule has 2 N–H and O–H groups in total. The van der Waals surface area contributed by atoms with E-state index in [-0.39, 0.29) is 5.91 Å². The molecular weight excluding hydrogens is 388 g/mol. The summed E-state index contributed by atoms with van der Waals surface area (Å²) in [6.07, 6.45) is 2.48. The topological polar surface area (TPSA) is 104 Å². The number of rotatable bonds is 11. The fourth-order valence-electron chi connectivity index (χ4n) is 3.11. The van der Waals surface area contributed by atoms with E-state index < -0.39 is 0 Å². The first-order valence-corrected chi connectivity index (χ1v) is 9.80. The van der Waals surface area contributed by atoms with E-state index in [4.69, 9.17) is 18.3 Å². The molecule has 3 aromatic rings. The van der Waals surface area contributed by atoms with Gasteiger partial charge < -0.3 is 28.5 Å². The molecule has 0 aliphatic heterocycles. The fourth-order valence-corrected chi connectivity index (χ4v) is 3.11. The van der Waals surface area contributed by atoms with Gasteiger partial charge in [-0.15, -0.1) is 10.2 Å². The molecule has 9 nitrogen and oxygen atoms in total. The zero-order valence-electron chi connectivity index (χ0n) is 17.4. The summed E-state index contributed by atoms with van der Waals surface area (Å²) in [5, 5.41) is 11.0. The van der Waals surface area contributed by atoms with Gasteiger partial charge in [0.05, 0.1) is 27.0 Å². The minimum atomic E-state index is -0.0565. The third-order valence-corrected chi connectivity index (χ3v) is 4.55. The molecule has 0 bridgehead atoms. The Kier molecular flexibility index (Phi) is 7.45. The number of ether oxygens (including phenoxy) is 2. The van der Waals surface area contributed by atoms with Crippen LogP contribution in [0.2, 0.25) is 0 Å². The van der Waals surface area contributed by atoms with Crippen LogP contribution in [0.25, 0.3) is 11.7 Å². The number of hydrogen-bond acceptors (Lipinski definition) is 7. The van der Waals surface area contributed by atoms with Crippen molar-refractivity contribution in [2.24, 2.45) is 0 Å². The van der Waals surface area contributed by atoms with E-state index in [1.165, 1.54) is 0 Å². The van der Waals surface area contributed by atoms with Crippen molar-refractivity contribution >= 4 is 5.91 Å². The van der Waals surface area contributed by atoms with Gasteiger partial charge in [0.2, 0.25) is 0 Å². The zero-order valence-corrected chi connectivity index (χ0v) is 17.4. The molecule has 160 valence electrons. The van der Waals surface area contributed by atoms with E-state index in [1.54, 1.807) is 32.6 Å². The van der Waals surface area contributed by atoms with Crippen molar-refractivity contribution in [3.63, 3.8) is 0 Å². The van der Waals surface area contributed by atoms with Crippen LogP contribution in [0.5, 0.6) is 11.5 Å². The molecule has 1 atom stereocenters. The molecule has 1 aromatic carbocycles. The maximum absolute atomic E-state index is 12.5. The van der Waals surface area contributed by atoms with Crippen LogP contribution in [-0.2, 0) is 17.9 Å². The van der Waals surface area contributed by atoms with Crippen molar-refractivity contribution in [2.45, 2.75) is 26.4 Å². The van der Waals surface area contributed by atoms with E-state index in [2.05, 4.69) is 22.4 Å². The number of furan rings is 1. The second-order valence-electron chi connectivity index (χ2n) is 6.80. The molecule has 1 amide bonds. The Labute approximate surface area is 175 Å². The van der Waals surface area contributed by atoms with Crippen LogP contribution in [0, 0.1) is 0 Å². The Morgan fingerprint density at radius 1 is 1.17 bits per heavy atom. The first-order chi connectivity index (χ1) is 14.6. The Morgan fingerprint density at radius 3 is 2.70 bits per heavy atom. The van der Waals surface area contributed by atoms with E-state index in [0.717, 1.165) is 23.4 Å². The standard InChI is InChI=1S/C21H26N4O5/c1-4-9-25(14-20-23-24-21(30-20)17-6-5-10-29-17)13-19(26)22-12-15-7-8-16(27-2)18(11-15)28-3/h5-8,10-11H,4,9,12-14H2,1-3H3,(H,22,26)/p+1. The summed E-state index contributed by atoms with van der Waals surface area (Å²) in [7, 11) is 3.17. The molecule has 0 saturated carbocycles. The van der Waals surface area contributed by atoms with Gasteiger partial charge in [-0.2, -0.15) is 0 Å². The van der Waals surface area contributed by atoms with Crippen molar-refractivity contribution in [1.82, 2.24) is 15.5 Å². The van der Waals surface area contributed by atoms with Gasteiger partial charge >= 0.3 is 0 Å². The molecule has 3 rings (SSSR count). The average molecular weight is 415 g/mol. The molecule has 0 aliphatic rings. The van der Waals surface area contributed by atoms with Gasteiger partial charge in [0.25, 0.3) is 17.7 Å². The number of amides is 1. The molecule has 9 heteroatoms. The third kappa shape index (κ3) is 5.60. The highest BCUT2D eigenvalue weighted by Gasteiger charge is 2.19. The first kappa shape index (κ1) is 21.4. The van der Waals surface area contributed by atoms with E-state index in [1.807, 2.05) is 18.2 Å². The van der Waals surface area contributed by atoms with Crippen molar-refractivity contribution in [3.8, 4) is 23.1 Å². The van der Waals surface area contributed by atoms with Crippen molar-refractivity contribution in [2.75, 3.05) is 27.3 Å². The summed E-state index contributed by atoms with van der Waals surface area (Å²) in [4.78, 5) is 13.5. The summed E-state index contributed by atoms with van der Waals surface area (Å²) in [5.74, 6) is 2.56. The van der Waals surface area contributed by atoms with Crippen LogP contribution in [0.15, 0.2) is 45.4 Å². The lowest BCUT2D eigenvalue weighted by atomic mass is 10.2. The quantitative estimate of drug-likeness (QED) is 0.489. The molecule has 2 aromatic heterocycles. The van der Waals surface area contributed by atoms with Gasteiger partial charge in [0.1, 0.15) is 0 Å². The first-order valence-electron chi connectivity index (χ1n) is 9.80. The Bertz CT molecular complexity index is 939. The lowest BCUT2D eigenvalue weighted by Crippen LogP contribution is -3.12. The van der Waals surface area contributed by atoms with E-state index in [9.17, 15) is 4.79 Å². The molecule has 2 heterocycles. The number of hydrogen-bond donors (Lipinski definition) is 2. The highest BCUT2D eigenvalue weighted by Crippen LogP contribution is 2.27. The lowest BCUT2D eigenvalue weighted by molar-refractivity contribution is -0.907. The van der Waals surface area contributed by atoms with Gasteiger partial charge in [-0.1, -0.05) is 13.0 Å². The Morgan fingerprint density at radius 2 is 2.00 bits per heavy atom. The van der Waals surface area contributed by atoms with Gasteiger partial charge in [0, 0.05) is 6.54 Å². The molecule has 0 aliphatic carbocycles. The molecule has 0 radical (unpaired) electrons. The normalized spacial score (nSPS) is 11.8. The highest BCUT2D eigenvalue weighted by atomic mass is 16.5. The largest absolute Gasteiger partial charge is 0.493 e. The second-order valence-corrected chi connectivity index (χ2v) is 6.80. The van der Waals surface area contributed by atoms with Crippen molar-refractivity contribution in [3.05, 3.63) is 48.0 Å². The number of carbonyl (C=O) groups excluding carboxylic acids is 1. The van der Waals surface area contributed by atoms with E-state index in [0.29, 0.717) is 48.7 Å². The highest BCUT2D eigenvalue weighted by molar-refractivity contribution is 5.76. The summed E-state index contributed by atoms with van der Waals surface area (Å²) < 4.78 is 21.5. The summed E-state index contributed by atoms with van der Waals surface area (Å²) >= 11 is 0. The predicted octanol–water partition coefficient (Wildman–Crippen LogP) is 1.46. The molecular formula is C21H27N4O5+. The molecule has 0 fully saturated rings. The van der Waals surface area contributed by atoms with Crippen LogP contribution in [-0.4, -0.2) is 43.4 Å². The number of quaternary nitrogens is 1. The van der Waals surface area contributed by atoms with Crippen molar-refractivity contribution < 1.29 is 28.0 Å². The molecule has 0 spiro atoms. The third-order valence-electron chi connectivity index (χ3n) is 4.55. The summed E-state index contributed by atoms with van der Waals surface area (Å²) in [6.45, 7) is 4.05. The molecule has 0 saturated heterocycles. The van der Waals surface area contributed by atoms with Gasteiger partial charge in [-0.3, -0.25) is 4.79 Å². The predicted molar refractivity (Wildman–Crippen MR) is 108 cm³/mol. The summed E-state index contributed by atoms with van der Waals surface area (Å²) in [5.41, 5.74) is 0.929. The Hall–Kier alpha value is -3.33. The number of benzene rings is 1. The van der Waals surface area contributed by atoms with Gasteiger partial charge in [0.15, 0.2) is 30.3 Å². The monoisotopic (exact) mass is 415 g/mol. The van der Waals surface area contributed by atoms with Crippen LogP contribution in [0.3, 0.4) is 0 Å². The molecule has 1 unspecified atom stereocenters. The Balaban J connectivity index is 1.55. The van der Waals surface area contributed by atoms with Crippen LogP contribution < -0.4 is 19.7 Å². The zero-order chi connectivity index (χ0) is 21.3. The van der Waals surface area contributed by atoms with Crippen LogP contribution in [0.1, 0.15) is 24.8 Å². The summed E-state index contributed by atoms with van der Waals surface area (Å²) in [6, 6.07) is 9.09. The molecule has 30 heavy (non-hydrogen) atoms. The van der Waals surface area contributed by atoms with Gasteiger partial charge in [-0.05, 0) is 36.2 Å². The number of nitrogens with one attached hydrogen (secondary N) is 2. The number of nitrogens with zero attached hydrogens (tertiary/aromatic N) is 2.